The lowest BCUT2D eigenvalue weighted by molar-refractivity contribution is -0.117. The Hall–Kier alpha value is -1.68. The molecule has 2 aromatic rings. The molecule has 0 unspecified atom stereocenters. The molecule has 0 aliphatic rings. The molecule has 0 saturated carbocycles. The van der Waals surface area contributed by atoms with Gasteiger partial charge in [-0.15, -0.1) is 0 Å². The van der Waals surface area contributed by atoms with Crippen LogP contribution in [0.2, 0.25) is 0 Å². The molecule has 118 valence electrons. The standard InChI is InChI=1S/C19H25NO2/c1-21-19(22-2)16-20(15-18-11-7-4-8-12-18)14-13-17-9-5-3-6-10-17/h3-12,19H,13-16H2,1-2H3. The second-order valence-electron chi connectivity index (χ2n) is 5.36. The molecule has 0 aliphatic heterocycles. The van der Waals surface area contributed by atoms with E-state index in [4.69, 9.17) is 9.47 Å². The highest BCUT2D eigenvalue weighted by Gasteiger charge is 2.13. The van der Waals surface area contributed by atoms with Crippen LogP contribution in [0.15, 0.2) is 60.7 Å². The SMILES string of the molecule is COC(CN(CCc1ccccc1)Cc1ccccc1)OC. The van der Waals surface area contributed by atoms with Crippen molar-refractivity contribution in [3.05, 3.63) is 71.8 Å². The van der Waals surface area contributed by atoms with Gasteiger partial charge in [0.2, 0.25) is 0 Å². The lowest BCUT2D eigenvalue weighted by atomic mass is 10.1. The molecule has 0 spiro atoms. The van der Waals surface area contributed by atoms with Crippen LogP contribution in [0.25, 0.3) is 0 Å². The zero-order valence-corrected chi connectivity index (χ0v) is 13.4. The molecule has 0 aliphatic carbocycles. The maximum Gasteiger partial charge on any atom is 0.169 e. The van der Waals surface area contributed by atoms with E-state index < -0.39 is 0 Å². The molecule has 22 heavy (non-hydrogen) atoms. The predicted octanol–water partition coefficient (Wildman–Crippen LogP) is 3.35. The Morgan fingerprint density at radius 1 is 0.818 bits per heavy atom. The molecule has 0 bridgehead atoms. The number of hydrogen-bond acceptors (Lipinski definition) is 3. The Labute approximate surface area is 133 Å². The molecule has 3 nitrogen and oxygen atoms in total. The molecular weight excluding hydrogens is 274 g/mol. The summed E-state index contributed by atoms with van der Waals surface area (Å²) in [5.41, 5.74) is 2.66. The second kappa shape index (κ2) is 9.36. The van der Waals surface area contributed by atoms with Gasteiger partial charge in [-0.2, -0.15) is 0 Å². The Bertz CT molecular complexity index is 511. The molecule has 0 radical (unpaired) electrons. The van der Waals surface area contributed by atoms with E-state index in [9.17, 15) is 0 Å². The van der Waals surface area contributed by atoms with Crippen molar-refractivity contribution in [2.45, 2.75) is 19.3 Å². The summed E-state index contributed by atoms with van der Waals surface area (Å²) < 4.78 is 10.7. The summed E-state index contributed by atoms with van der Waals surface area (Å²) in [6.45, 7) is 2.63. The minimum absolute atomic E-state index is 0.195. The summed E-state index contributed by atoms with van der Waals surface area (Å²) in [7, 11) is 3.37. The fourth-order valence-electron chi connectivity index (χ4n) is 2.46. The smallest absolute Gasteiger partial charge is 0.169 e. The highest BCUT2D eigenvalue weighted by molar-refractivity contribution is 5.16. The first-order chi connectivity index (χ1) is 10.8. The van der Waals surface area contributed by atoms with Gasteiger partial charge in [-0.25, -0.2) is 0 Å². The van der Waals surface area contributed by atoms with Crippen LogP contribution in [-0.2, 0) is 22.4 Å². The average molecular weight is 299 g/mol. The van der Waals surface area contributed by atoms with E-state index in [0.29, 0.717) is 0 Å². The van der Waals surface area contributed by atoms with Crippen LogP contribution < -0.4 is 0 Å². The summed E-state index contributed by atoms with van der Waals surface area (Å²) in [4.78, 5) is 2.38. The molecule has 0 N–H and O–H groups in total. The maximum atomic E-state index is 5.36. The van der Waals surface area contributed by atoms with E-state index in [1.807, 2.05) is 6.07 Å². The molecule has 0 aromatic heterocycles. The van der Waals surface area contributed by atoms with Gasteiger partial charge in [-0.1, -0.05) is 60.7 Å². The molecule has 0 saturated heterocycles. The van der Waals surface area contributed by atoms with Gasteiger partial charge in [0.1, 0.15) is 0 Å². The van der Waals surface area contributed by atoms with Crippen molar-refractivity contribution in [2.75, 3.05) is 27.3 Å². The van der Waals surface area contributed by atoms with E-state index in [2.05, 4.69) is 59.5 Å². The molecular formula is C19H25NO2. The van der Waals surface area contributed by atoms with Crippen LogP contribution >= 0.6 is 0 Å². The molecule has 3 heteroatoms. The van der Waals surface area contributed by atoms with Crippen molar-refractivity contribution in [3.8, 4) is 0 Å². The number of ether oxygens (including phenoxy) is 2. The Balaban J connectivity index is 1.97. The third-order valence-electron chi connectivity index (χ3n) is 3.74. The first-order valence-electron chi connectivity index (χ1n) is 7.67. The lowest BCUT2D eigenvalue weighted by Crippen LogP contribution is -2.35. The first kappa shape index (κ1) is 16.7. The summed E-state index contributed by atoms with van der Waals surface area (Å²) in [5, 5.41) is 0. The normalized spacial score (nSPS) is 11.3. The van der Waals surface area contributed by atoms with Gasteiger partial charge in [-0.3, -0.25) is 4.90 Å². The topological polar surface area (TPSA) is 21.7 Å². The van der Waals surface area contributed by atoms with Crippen molar-refractivity contribution < 1.29 is 9.47 Å². The van der Waals surface area contributed by atoms with Crippen molar-refractivity contribution >= 4 is 0 Å². The largest absolute Gasteiger partial charge is 0.355 e. The second-order valence-corrected chi connectivity index (χ2v) is 5.36. The Morgan fingerprint density at radius 2 is 1.36 bits per heavy atom. The minimum atomic E-state index is -0.195. The number of rotatable bonds is 9. The van der Waals surface area contributed by atoms with E-state index in [0.717, 1.165) is 26.1 Å². The van der Waals surface area contributed by atoms with Gasteiger partial charge >= 0.3 is 0 Å². The van der Waals surface area contributed by atoms with E-state index in [1.165, 1.54) is 11.1 Å². The van der Waals surface area contributed by atoms with Crippen molar-refractivity contribution in [1.29, 1.82) is 0 Å². The molecule has 2 aromatic carbocycles. The van der Waals surface area contributed by atoms with Crippen molar-refractivity contribution in [2.24, 2.45) is 0 Å². The zero-order valence-electron chi connectivity index (χ0n) is 13.4. The fourth-order valence-corrected chi connectivity index (χ4v) is 2.46. The van der Waals surface area contributed by atoms with E-state index >= 15 is 0 Å². The van der Waals surface area contributed by atoms with Gasteiger partial charge in [-0.05, 0) is 17.5 Å². The molecule has 0 heterocycles. The zero-order chi connectivity index (χ0) is 15.6. The molecule has 0 amide bonds. The van der Waals surface area contributed by atoms with Crippen LogP contribution in [0.3, 0.4) is 0 Å². The van der Waals surface area contributed by atoms with E-state index in [1.54, 1.807) is 14.2 Å². The first-order valence-corrected chi connectivity index (χ1v) is 7.67. The van der Waals surface area contributed by atoms with Gasteiger partial charge in [0.05, 0.1) is 0 Å². The molecule has 0 fully saturated rings. The summed E-state index contributed by atoms with van der Waals surface area (Å²) in [5.74, 6) is 0. The van der Waals surface area contributed by atoms with Crippen LogP contribution in [0.5, 0.6) is 0 Å². The number of methoxy groups -OCH3 is 2. The van der Waals surface area contributed by atoms with Crippen LogP contribution in [0.4, 0.5) is 0 Å². The number of nitrogens with zero attached hydrogens (tertiary/aromatic N) is 1. The third kappa shape index (κ3) is 5.60. The minimum Gasteiger partial charge on any atom is -0.355 e. The summed E-state index contributed by atoms with van der Waals surface area (Å²) >= 11 is 0. The van der Waals surface area contributed by atoms with E-state index in [-0.39, 0.29) is 6.29 Å². The maximum absolute atomic E-state index is 5.36. The van der Waals surface area contributed by atoms with Crippen LogP contribution in [0, 0.1) is 0 Å². The fraction of sp³-hybridized carbons (Fsp3) is 0.368. The predicted molar refractivity (Wildman–Crippen MR) is 89.7 cm³/mol. The van der Waals surface area contributed by atoms with Crippen LogP contribution in [0.1, 0.15) is 11.1 Å². The average Bonchev–Trinajstić information content (AvgIpc) is 2.59. The van der Waals surface area contributed by atoms with Gasteiger partial charge in [0.15, 0.2) is 6.29 Å². The van der Waals surface area contributed by atoms with Crippen LogP contribution in [-0.4, -0.2) is 38.5 Å². The van der Waals surface area contributed by atoms with Crippen molar-refractivity contribution in [1.82, 2.24) is 4.90 Å². The molecule has 2 rings (SSSR count). The highest BCUT2D eigenvalue weighted by Crippen LogP contribution is 2.09. The number of benzene rings is 2. The Kier molecular flexibility index (Phi) is 7.10. The third-order valence-corrected chi connectivity index (χ3v) is 3.74. The van der Waals surface area contributed by atoms with Crippen molar-refractivity contribution in [3.63, 3.8) is 0 Å². The quantitative estimate of drug-likeness (QED) is 0.663. The monoisotopic (exact) mass is 299 g/mol. The molecule has 0 atom stereocenters. The van der Waals surface area contributed by atoms with Gasteiger partial charge in [0, 0.05) is 33.9 Å². The Morgan fingerprint density at radius 3 is 1.91 bits per heavy atom. The highest BCUT2D eigenvalue weighted by atomic mass is 16.7. The lowest BCUT2D eigenvalue weighted by Gasteiger charge is -2.26. The summed E-state index contributed by atoms with van der Waals surface area (Å²) in [6.07, 6.45) is 0.827. The van der Waals surface area contributed by atoms with Gasteiger partial charge in [0.25, 0.3) is 0 Å². The number of hydrogen-bond donors (Lipinski definition) is 0. The summed E-state index contributed by atoms with van der Waals surface area (Å²) in [6, 6.07) is 21.1. The van der Waals surface area contributed by atoms with Gasteiger partial charge < -0.3 is 9.47 Å².